The molecule has 1 aromatic carbocycles. The summed E-state index contributed by atoms with van der Waals surface area (Å²) in [6.07, 6.45) is 10.7. The molecule has 5 heteroatoms. The highest BCUT2D eigenvalue weighted by Crippen LogP contribution is 2.65. The monoisotopic (exact) mass is 421 g/mol. The molecule has 0 spiro atoms. The number of carbonyl (C=O) groups excluding carboxylic acids is 1. The van der Waals surface area contributed by atoms with Crippen molar-refractivity contribution in [3.8, 4) is 0 Å². The largest absolute Gasteiger partial charge is 0.393 e. The van der Waals surface area contributed by atoms with Gasteiger partial charge in [0, 0.05) is 17.7 Å². The molecule has 1 N–H and O–H groups in total. The van der Waals surface area contributed by atoms with Crippen molar-refractivity contribution in [2.45, 2.75) is 64.9 Å². The SMILES string of the molecule is C[C@]12CC[C@H]3[C@@H](CCC4=CC(=O)/C(=C\c5ccc([N+](=O)[O-])cc5)C[C@@]43C)[C@@H]1CC[C@@H]2O. The fourth-order valence-corrected chi connectivity index (χ4v) is 7.53. The Balaban J connectivity index is 1.46. The number of nitro benzene ring substituents is 1. The minimum absolute atomic E-state index is 0.0156. The average Bonchev–Trinajstić information content (AvgIpc) is 3.04. The first-order valence-corrected chi connectivity index (χ1v) is 11.6. The summed E-state index contributed by atoms with van der Waals surface area (Å²) >= 11 is 0. The number of aliphatic hydroxyl groups excluding tert-OH is 1. The van der Waals surface area contributed by atoms with Gasteiger partial charge in [0.05, 0.1) is 11.0 Å². The number of non-ortho nitro benzene ring substituents is 1. The second-order valence-electron chi connectivity index (χ2n) is 10.7. The van der Waals surface area contributed by atoms with Crippen molar-refractivity contribution in [2.24, 2.45) is 28.6 Å². The molecule has 4 aliphatic rings. The van der Waals surface area contributed by atoms with E-state index in [2.05, 4.69) is 13.8 Å². The van der Waals surface area contributed by atoms with Crippen LogP contribution in [-0.2, 0) is 4.79 Å². The molecular weight excluding hydrogens is 390 g/mol. The lowest BCUT2D eigenvalue weighted by Gasteiger charge is -2.57. The van der Waals surface area contributed by atoms with Crippen molar-refractivity contribution in [3.63, 3.8) is 0 Å². The standard InChI is InChI=1S/C26H31NO4/c1-25-12-11-22-20(21(25)9-10-24(25)29)8-5-18-14-23(28)17(15-26(18,22)2)13-16-3-6-19(7-4-16)27(30)31/h3-4,6-7,13-14,20-22,24,29H,5,8-12,15H2,1-2H3/b17-13-/t20-,21-,22-,24-,25-,26-/m0/s1. The molecule has 0 heterocycles. The molecule has 0 bridgehead atoms. The molecule has 0 amide bonds. The van der Waals surface area contributed by atoms with Gasteiger partial charge in [-0.05, 0) is 103 Å². The third-order valence-corrected chi connectivity index (χ3v) is 9.31. The van der Waals surface area contributed by atoms with Crippen LogP contribution in [0.25, 0.3) is 6.08 Å². The second-order valence-corrected chi connectivity index (χ2v) is 10.7. The van der Waals surface area contributed by atoms with E-state index in [9.17, 15) is 20.0 Å². The molecule has 0 saturated heterocycles. The number of nitrogens with zero attached hydrogens (tertiary/aromatic N) is 1. The van der Waals surface area contributed by atoms with Crippen molar-refractivity contribution in [1.82, 2.24) is 0 Å². The van der Waals surface area contributed by atoms with Gasteiger partial charge in [0.25, 0.3) is 5.69 Å². The highest BCUT2D eigenvalue weighted by molar-refractivity contribution is 6.08. The fraction of sp³-hybridized carbons (Fsp3) is 0.577. The minimum atomic E-state index is -0.405. The van der Waals surface area contributed by atoms with Gasteiger partial charge in [0.15, 0.2) is 5.78 Å². The van der Waals surface area contributed by atoms with E-state index < -0.39 is 4.92 Å². The number of benzene rings is 1. The van der Waals surface area contributed by atoms with E-state index >= 15 is 0 Å². The van der Waals surface area contributed by atoms with E-state index in [4.69, 9.17) is 0 Å². The summed E-state index contributed by atoms with van der Waals surface area (Å²) in [4.78, 5) is 23.4. The van der Waals surface area contributed by atoms with E-state index in [1.807, 2.05) is 12.2 Å². The first-order valence-electron chi connectivity index (χ1n) is 11.6. The van der Waals surface area contributed by atoms with Crippen molar-refractivity contribution >= 4 is 17.5 Å². The maximum Gasteiger partial charge on any atom is 0.269 e. The molecule has 0 aliphatic heterocycles. The molecule has 5 rings (SSSR count). The van der Waals surface area contributed by atoms with Crippen molar-refractivity contribution in [2.75, 3.05) is 0 Å². The van der Waals surface area contributed by atoms with Crippen LogP contribution in [0, 0.1) is 38.7 Å². The Morgan fingerprint density at radius 1 is 1.10 bits per heavy atom. The van der Waals surface area contributed by atoms with E-state index in [-0.39, 0.29) is 28.4 Å². The molecule has 6 atom stereocenters. The number of rotatable bonds is 2. The van der Waals surface area contributed by atoms with Crippen LogP contribution in [0.5, 0.6) is 0 Å². The lowest BCUT2D eigenvalue weighted by atomic mass is 9.47. The van der Waals surface area contributed by atoms with Gasteiger partial charge in [0.1, 0.15) is 0 Å². The van der Waals surface area contributed by atoms with Crippen LogP contribution in [0.2, 0.25) is 0 Å². The van der Waals surface area contributed by atoms with Gasteiger partial charge in [-0.25, -0.2) is 0 Å². The normalized spacial score (nSPS) is 40.7. The molecule has 1 aromatic rings. The zero-order valence-electron chi connectivity index (χ0n) is 18.3. The number of carbonyl (C=O) groups is 1. The number of aliphatic hydroxyl groups is 1. The van der Waals surface area contributed by atoms with Crippen LogP contribution in [0.4, 0.5) is 5.69 Å². The van der Waals surface area contributed by atoms with E-state index in [1.54, 1.807) is 12.1 Å². The van der Waals surface area contributed by atoms with Crippen molar-refractivity contribution in [3.05, 3.63) is 57.2 Å². The summed E-state index contributed by atoms with van der Waals surface area (Å²) in [5, 5.41) is 21.6. The maximum absolute atomic E-state index is 12.9. The first-order chi connectivity index (χ1) is 14.7. The summed E-state index contributed by atoms with van der Waals surface area (Å²) in [5.74, 6) is 1.83. The molecule has 4 aliphatic carbocycles. The highest BCUT2D eigenvalue weighted by atomic mass is 16.6. The molecule has 3 fully saturated rings. The third-order valence-electron chi connectivity index (χ3n) is 9.31. The van der Waals surface area contributed by atoms with Crippen LogP contribution < -0.4 is 0 Å². The molecule has 5 nitrogen and oxygen atoms in total. The number of hydrogen-bond donors (Lipinski definition) is 1. The summed E-state index contributed by atoms with van der Waals surface area (Å²) in [6.45, 7) is 4.64. The van der Waals surface area contributed by atoms with Gasteiger partial charge in [-0.3, -0.25) is 14.9 Å². The quantitative estimate of drug-likeness (QED) is 0.389. The van der Waals surface area contributed by atoms with E-state index in [0.29, 0.717) is 17.8 Å². The van der Waals surface area contributed by atoms with Gasteiger partial charge < -0.3 is 5.11 Å². The molecule has 31 heavy (non-hydrogen) atoms. The van der Waals surface area contributed by atoms with Gasteiger partial charge in [-0.1, -0.05) is 19.4 Å². The van der Waals surface area contributed by atoms with Crippen LogP contribution in [0.3, 0.4) is 0 Å². The zero-order chi connectivity index (χ0) is 22.0. The Kier molecular flexibility index (Phi) is 4.74. The molecule has 0 unspecified atom stereocenters. The average molecular weight is 422 g/mol. The Morgan fingerprint density at radius 3 is 2.55 bits per heavy atom. The molecule has 0 aromatic heterocycles. The summed E-state index contributed by atoms with van der Waals surface area (Å²) in [5.41, 5.74) is 3.04. The fourth-order valence-electron chi connectivity index (χ4n) is 7.53. The summed E-state index contributed by atoms with van der Waals surface area (Å²) < 4.78 is 0. The lowest BCUT2D eigenvalue weighted by molar-refractivity contribution is -0.384. The molecule has 3 saturated carbocycles. The number of ketones is 1. The number of allylic oxidation sites excluding steroid dienone is 2. The van der Waals surface area contributed by atoms with Crippen LogP contribution in [-0.4, -0.2) is 21.9 Å². The maximum atomic E-state index is 12.9. The number of fused-ring (bicyclic) bond motifs is 5. The Labute approximate surface area is 183 Å². The highest BCUT2D eigenvalue weighted by Gasteiger charge is 2.59. The van der Waals surface area contributed by atoms with Crippen molar-refractivity contribution in [1.29, 1.82) is 0 Å². The van der Waals surface area contributed by atoms with Gasteiger partial charge in [-0.2, -0.15) is 0 Å². The zero-order valence-corrected chi connectivity index (χ0v) is 18.3. The van der Waals surface area contributed by atoms with Gasteiger partial charge in [-0.15, -0.1) is 0 Å². The minimum Gasteiger partial charge on any atom is -0.393 e. The Hall–Kier alpha value is -2.27. The van der Waals surface area contributed by atoms with Crippen molar-refractivity contribution < 1.29 is 14.8 Å². The van der Waals surface area contributed by atoms with Crippen LogP contribution in [0.15, 0.2) is 41.5 Å². The first kappa shape index (κ1) is 20.6. The molecule has 0 radical (unpaired) electrons. The lowest BCUT2D eigenvalue weighted by Crippen LogP contribution is -2.51. The second kappa shape index (κ2) is 7.13. The van der Waals surface area contributed by atoms with Crippen LogP contribution >= 0.6 is 0 Å². The Morgan fingerprint density at radius 2 is 1.84 bits per heavy atom. The van der Waals surface area contributed by atoms with E-state index in [0.717, 1.165) is 56.1 Å². The van der Waals surface area contributed by atoms with E-state index in [1.165, 1.54) is 17.7 Å². The van der Waals surface area contributed by atoms with Gasteiger partial charge in [0.2, 0.25) is 0 Å². The Bertz CT molecular complexity index is 993. The topological polar surface area (TPSA) is 80.4 Å². The van der Waals surface area contributed by atoms with Crippen LogP contribution in [0.1, 0.15) is 64.4 Å². The molecular formula is C26H31NO4. The summed E-state index contributed by atoms with van der Waals surface area (Å²) in [6, 6.07) is 6.42. The third kappa shape index (κ3) is 3.12. The smallest absolute Gasteiger partial charge is 0.269 e. The number of hydrogen-bond acceptors (Lipinski definition) is 4. The van der Waals surface area contributed by atoms with Gasteiger partial charge >= 0.3 is 0 Å². The molecule has 164 valence electrons. The summed E-state index contributed by atoms with van der Waals surface area (Å²) in [7, 11) is 0. The predicted octanol–water partition coefficient (Wildman–Crippen LogP) is 5.48. The number of nitro groups is 1. The predicted molar refractivity (Wildman–Crippen MR) is 119 cm³/mol.